The van der Waals surface area contributed by atoms with Gasteiger partial charge < -0.3 is 19.3 Å². The first-order valence-corrected chi connectivity index (χ1v) is 5.86. The highest BCUT2D eigenvalue weighted by Crippen LogP contribution is 2.27. The van der Waals surface area contributed by atoms with Crippen LogP contribution in [-0.4, -0.2) is 46.7 Å². The zero-order valence-corrected chi connectivity index (χ0v) is 11.5. The maximum atomic E-state index is 12.0. The Morgan fingerprint density at radius 3 is 2.74 bits per heavy atom. The number of rotatable bonds is 3. The Labute approximate surface area is 111 Å². The Morgan fingerprint density at radius 2 is 2.16 bits per heavy atom. The van der Waals surface area contributed by atoms with Gasteiger partial charge in [0.1, 0.15) is 23.8 Å². The molecule has 102 valence electrons. The number of carbonyl (C=O) groups is 1. The van der Waals surface area contributed by atoms with Crippen molar-refractivity contribution in [2.45, 2.75) is 13.7 Å². The number of nitrogens with zero attached hydrogens (tertiary/aromatic N) is 3. The van der Waals surface area contributed by atoms with Gasteiger partial charge in [0, 0.05) is 26.8 Å². The molecule has 0 aliphatic carbocycles. The minimum absolute atomic E-state index is 0.000605. The van der Waals surface area contributed by atoms with E-state index < -0.39 is 0 Å². The number of amides is 1. The zero-order chi connectivity index (χ0) is 14.2. The molecule has 1 amide bonds. The van der Waals surface area contributed by atoms with Gasteiger partial charge in [-0.3, -0.25) is 4.79 Å². The average Bonchev–Trinajstić information content (AvgIpc) is 2.67. The van der Waals surface area contributed by atoms with E-state index in [4.69, 9.17) is 4.74 Å². The van der Waals surface area contributed by atoms with Gasteiger partial charge in [-0.1, -0.05) is 0 Å². The molecule has 0 aliphatic rings. The molecule has 0 radical (unpaired) electrons. The molecular formula is C13H17N3O3. The van der Waals surface area contributed by atoms with E-state index in [2.05, 4.69) is 4.98 Å². The lowest BCUT2D eigenvalue weighted by Gasteiger charge is -2.11. The molecule has 1 heterocycles. The van der Waals surface area contributed by atoms with Gasteiger partial charge in [-0.05, 0) is 19.1 Å². The molecule has 1 aromatic heterocycles. The van der Waals surface area contributed by atoms with E-state index in [1.807, 2.05) is 11.5 Å². The molecule has 1 N–H and O–H groups in total. The van der Waals surface area contributed by atoms with Crippen LogP contribution in [0, 0.1) is 6.92 Å². The smallest absolute Gasteiger partial charge is 0.253 e. The number of aryl methyl sites for hydroxylation is 1. The molecule has 19 heavy (non-hydrogen) atoms. The van der Waals surface area contributed by atoms with Crippen LogP contribution in [0.2, 0.25) is 0 Å². The Bertz CT molecular complexity index is 632. The minimum atomic E-state index is -0.167. The number of hydrogen-bond acceptors (Lipinski definition) is 4. The maximum Gasteiger partial charge on any atom is 0.253 e. The van der Waals surface area contributed by atoms with Crippen LogP contribution in [0.1, 0.15) is 16.2 Å². The van der Waals surface area contributed by atoms with Crippen LogP contribution in [0.5, 0.6) is 5.75 Å². The van der Waals surface area contributed by atoms with E-state index >= 15 is 0 Å². The first-order chi connectivity index (χ1) is 8.95. The summed E-state index contributed by atoms with van der Waals surface area (Å²) in [5, 5.41) is 10.0. The normalized spacial score (nSPS) is 10.9. The number of aromatic hydroxyl groups is 1. The van der Waals surface area contributed by atoms with Crippen molar-refractivity contribution >= 4 is 16.9 Å². The minimum Gasteiger partial charge on any atom is -0.506 e. The van der Waals surface area contributed by atoms with E-state index in [0.717, 1.165) is 5.82 Å². The lowest BCUT2D eigenvalue weighted by molar-refractivity contribution is 0.0827. The lowest BCUT2D eigenvalue weighted by Crippen LogP contribution is -2.21. The van der Waals surface area contributed by atoms with E-state index in [0.29, 0.717) is 23.3 Å². The van der Waals surface area contributed by atoms with E-state index in [1.165, 1.54) is 11.0 Å². The van der Waals surface area contributed by atoms with Gasteiger partial charge in [-0.15, -0.1) is 0 Å². The highest BCUT2D eigenvalue weighted by molar-refractivity contribution is 5.99. The number of aromatic nitrogens is 2. The molecule has 0 spiro atoms. The van der Waals surface area contributed by atoms with Crippen molar-refractivity contribution in [1.82, 2.24) is 14.5 Å². The number of ether oxygens (including phenoxy) is 1. The summed E-state index contributed by atoms with van der Waals surface area (Å²) in [6, 6.07) is 3.16. The summed E-state index contributed by atoms with van der Waals surface area (Å²) < 4.78 is 6.92. The van der Waals surface area contributed by atoms with Gasteiger partial charge in [0.05, 0.1) is 5.52 Å². The summed E-state index contributed by atoms with van der Waals surface area (Å²) in [4.78, 5) is 17.7. The molecule has 2 aromatic rings. The highest BCUT2D eigenvalue weighted by atomic mass is 16.5. The van der Waals surface area contributed by atoms with Crippen molar-refractivity contribution in [2.24, 2.45) is 0 Å². The number of imidazole rings is 1. The average molecular weight is 263 g/mol. The van der Waals surface area contributed by atoms with Gasteiger partial charge in [-0.25, -0.2) is 4.98 Å². The van der Waals surface area contributed by atoms with Crippen LogP contribution < -0.4 is 0 Å². The molecular weight excluding hydrogens is 246 g/mol. The third-order valence-corrected chi connectivity index (χ3v) is 2.94. The van der Waals surface area contributed by atoms with Crippen LogP contribution in [0.4, 0.5) is 0 Å². The fraction of sp³-hybridized carbons (Fsp3) is 0.385. The number of methoxy groups -OCH3 is 1. The quantitative estimate of drug-likeness (QED) is 0.907. The molecule has 0 saturated carbocycles. The topological polar surface area (TPSA) is 67.6 Å². The van der Waals surface area contributed by atoms with Crippen molar-refractivity contribution in [1.29, 1.82) is 0 Å². The standard InChI is InChI=1S/C13H17N3O3/c1-8-14-12-10(16(8)7-19-4)5-9(6-11(12)17)13(18)15(2)3/h5-6,17H,7H2,1-4H3. The van der Waals surface area contributed by atoms with E-state index in [1.54, 1.807) is 27.3 Å². The fourth-order valence-corrected chi connectivity index (χ4v) is 1.99. The third kappa shape index (κ3) is 2.26. The van der Waals surface area contributed by atoms with Gasteiger partial charge in [0.25, 0.3) is 5.91 Å². The first kappa shape index (κ1) is 13.4. The fourth-order valence-electron chi connectivity index (χ4n) is 1.99. The van der Waals surface area contributed by atoms with E-state index in [-0.39, 0.29) is 11.7 Å². The second-order valence-corrected chi connectivity index (χ2v) is 4.57. The lowest BCUT2D eigenvalue weighted by atomic mass is 10.1. The van der Waals surface area contributed by atoms with Crippen LogP contribution in [-0.2, 0) is 11.5 Å². The number of phenolic OH excluding ortho intramolecular Hbond substituents is 1. The molecule has 0 unspecified atom stereocenters. The van der Waals surface area contributed by atoms with Crippen molar-refractivity contribution < 1.29 is 14.6 Å². The van der Waals surface area contributed by atoms with Crippen molar-refractivity contribution in [3.63, 3.8) is 0 Å². The second kappa shape index (κ2) is 4.89. The zero-order valence-electron chi connectivity index (χ0n) is 11.5. The van der Waals surface area contributed by atoms with Crippen LogP contribution >= 0.6 is 0 Å². The molecule has 0 atom stereocenters. The molecule has 0 bridgehead atoms. The van der Waals surface area contributed by atoms with Crippen molar-refractivity contribution in [3.05, 3.63) is 23.5 Å². The van der Waals surface area contributed by atoms with Crippen molar-refractivity contribution in [3.8, 4) is 5.75 Å². The molecule has 0 aliphatic heterocycles. The maximum absolute atomic E-state index is 12.0. The molecule has 6 nitrogen and oxygen atoms in total. The predicted molar refractivity (Wildman–Crippen MR) is 71.2 cm³/mol. The van der Waals surface area contributed by atoms with Gasteiger partial charge in [-0.2, -0.15) is 0 Å². The van der Waals surface area contributed by atoms with Gasteiger partial charge >= 0.3 is 0 Å². The monoisotopic (exact) mass is 263 g/mol. The van der Waals surface area contributed by atoms with Crippen molar-refractivity contribution in [2.75, 3.05) is 21.2 Å². The number of carbonyl (C=O) groups excluding carboxylic acids is 1. The number of fused-ring (bicyclic) bond motifs is 1. The van der Waals surface area contributed by atoms with Gasteiger partial charge in [0.15, 0.2) is 0 Å². The first-order valence-electron chi connectivity index (χ1n) is 5.86. The van der Waals surface area contributed by atoms with Gasteiger partial charge in [0.2, 0.25) is 0 Å². The SMILES string of the molecule is COCn1c(C)nc2c(O)cc(C(=O)N(C)C)cc21. The summed E-state index contributed by atoms with van der Waals surface area (Å²) in [6.07, 6.45) is 0. The molecule has 6 heteroatoms. The van der Waals surface area contributed by atoms with E-state index in [9.17, 15) is 9.90 Å². The molecule has 0 saturated heterocycles. The molecule has 1 aromatic carbocycles. The number of hydrogen-bond donors (Lipinski definition) is 1. The summed E-state index contributed by atoms with van der Waals surface area (Å²) in [6.45, 7) is 2.15. The summed E-state index contributed by atoms with van der Waals surface area (Å²) in [7, 11) is 4.92. The molecule has 0 fully saturated rings. The largest absolute Gasteiger partial charge is 0.506 e. The number of benzene rings is 1. The Kier molecular flexibility index (Phi) is 3.44. The highest BCUT2D eigenvalue weighted by Gasteiger charge is 2.16. The summed E-state index contributed by atoms with van der Waals surface area (Å²) in [5.74, 6) is 0.558. The third-order valence-electron chi connectivity index (χ3n) is 2.94. The molecule has 2 rings (SSSR count). The Balaban J connectivity index is 2.66. The predicted octanol–water partition coefficient (Wildman–Crippen LogP) is 1.36. The summed E-state index contributed by atoms with van der Waals surface area (Å²) >= 11 is 0. The second-order valence-electron chi connectivity index (χ2n) is 4.57. The Morgan fingerprint density at radius 1 is 1.47 bits per heavy atom. The van der Waals surface area contributed by atoms with Crippen LogP contribution in [0.25, 0.3) is 11.0 Å². The number of phenols is 1. The Hall–Kier alpha value is -2.08. The van der Waals surface area contributed by atoms with Crippen LogP contribution in [0.3, 0.4) is 0 Å². The summed E-state index contributed by atoms with van der Waals surface area (Å²) in [5.41, 5.74) is 1.58. The van der Waals surface area contributed by atoms with Crippen LogP contribution in [0.15, 0.2) is 12.1 Å².